The van der Waals surface area contributed by atoms with Crippen molar-refractivity contribution in [2.24, 2.45) is 0 Å². The first-order chi connectivity index (χ1) is 10.5. The number of hydrogen-bond donors (Lipinski definition) is 2. The van der Waals surface area contributed by atoms with Gasteiger partial charge in [0.15, 0.2) is 0 Å². The number of hydrogen-bond acceptors (Lipinski definition) is 3. The Morgan fingerprint density at radius 2 is 2.27 bits per heavy atom. The number of carbonyl (C=O) groups excluding carboxylic acids is 2. The molecule has 122 valence electrons. The van der Waals surface area contributed by atoms with Crippen LogP contribution in [0, 0.1) is 0 Å². The van der Waals surface area contributed by atoms with Crippen molar-refractivity contribution in [3.05, 3.63) is 21.3 Å². The van der Waals surface area contributed by atoms with Crippen LogP contribution in [0.3, 0.4) is 0 Å². The van der Waals surface area contributed by atoms with E-state index in [9.17, 15) is 9.59 Å². The molecule has 3 amide bonds. The molecule has 0 spiro atoms. The highest BCUT2D eigenvalue weighted by Crippen LogP contribution is 2.22. The first-order valence-electron chi connectivity index (χ1n) is 7.57. The number of rotatable bonds is 6. The molecule has 1 aliphatic heterocycles. The van der Waals surface area contributed by atoms with Gasteiger partial charge in [0.1, 0.15) is 0 Å². The number of aryl methyl sites for hydroxylation is 1. The van der Waals surface area contributed by atoms with Crippen LogP contribution in [-0.2, 0) is 11.2 Å². The fraction of sp³-hybridized carbons (Fsp3) is 0.600. The van der Waals surface area contributed by atoms with Crippen LogP contribution in [0.1, 0.15) is 30.6 Å². The molecular formula is C15H22ClN3O2S. The predicted molar refractivity (Wildman–Crippen MR) is 89.5 cm³/mol. The first-order valence-corrected chi connectivity index (χ1v) is 8.76. The molecular weight excluding hydrogens is 322 g/mol. The third-order valence-electron chi connectivity index (χ3n) is 3.73. The molecule has 1 saturated heterocycles. The minimum atomic E-state index is -0.146. The molecule has 1 aromatic rings. The van der Waals surface area contributed by atoms with Gasteiger partial charge in [-0.3, -0.25) is 4.79 Å². The van der Waals surface area contributed by atoms with Gasteiger partial charge in [-0.25, -0.2) is 4.79 Å². The molecule has 1 aliphatic rings. The number of thiophene rings is 1. The number of urea groups is 1. The molecule has 0 saturated carbocycles. The van der Waals surface area contributed by atoms with Gasteiger partial charge in [0.25, 0.3) is 0 Å². The molecule has 1 aromatic heterocycles. The maximum absolute atomic E-state index is 11.8. The number of piperidine rings is 1. The molecule has 7 heteroatoms. The Balaban J connectivity index is 1.55. The van der Waals surface area contributed by atoms with E-state index in [4.69, 9.17) is 11.6 Å². The van der Waals surface area contributed by atoms with Crippen LogP contribution >= 0.6 is 22.9 Å². The normalized spacial score (nSPS) is 18.4. The molecule has 0 aliphatic carbocycles. The summed E-state index contributed by atoms with van der Waals surface area (Å²) in [6, 6.07) is 3.87. The fourth-order valence-electron chi connectivity index (χ4n) is 2.48. The highest BCUT2D eigenvalue weighted by atomic mass is 35.5. The molecule has 0 radical (unpaired) electrons. The number of unbranched alkanes of at least 4 members (excludes halogenated alkanes) is 1. The second-order valence-corrected chi connectivity index (χ2v) is 7.37. The molecule has 1 atom stereocenters. The second kappa shape index (κ2) is 8.39. The number of nitrogens with one attached hydrogen (secondary N) is 2. The van der Waals surface area contributed by atoms with Gasteiger partial charge in [0.05, 0.1) is 4.34 Å². The minimum Gasteiger partial charge on any atom is -0.344 e. The van der Waals surface area contributed by atoms with Crippen LogP contribution in [0.25, 0.3) is 0 Å². The summed E-state index contributed by atoms with van der Waals surface area (Å²) in [4.78, 5) is 26.1. The van der Waals surface area contributed by atoms with Gasteiger partial charge in [-0.2, -0.15) is 0 Å². The SMILES string of the molecule is CN1C[C@H](NC(=O)NCCCCc2ccc(Cl)s2)CCC1=O. The van der Waals surface area contributed by atoms with Gasteiger partial charge in [-0.05, 0) is 37.8 Å². The third-order valence-corrected chi connectivity index (χ3v) is 5.02. The number of amides is 3. The smallest absolute Gasteiger partial charge is 0.315 e. The van der Waals surface area contributed by atoms with Crippen LogP contribution < -0.4 is 10.6 Å². The average Bonchev–Trinajstić information content (AvgIpc) is 2.88. The highest BCUT2D eigenvalue weighted by Gasteiger charge is 2.23. The van der Waals surface area contributed by atoms with Gasteiger partial charge in [0.2, 0.25) is 5.91 Å². The van der Waals surface area contributed by atoms with Crippen molar-refractivity contribution in [3.63, 3.8) is 0 Å². The Kier molecular flexibility index (Phi) is 6.51. The maximum atomic E-state index is 11.8. The molecule has 1 fully saturated rings. The molecule has 2 rings (SSSR count). The monoisotopic (exact) mass is 343 g/mol. The molecule has 22 heavy (non-hydrogen) atoms. The summed E-state index contributed by atoms with van der Waals surface area (Å²) in [5.41, 5.74) is 0. The van der Waals surface area contributed by atoms with Gasteiger partial charge < -0.3 is 15.5 Å². The van der Waals surface area contributed by atoms with E-state index in [1.807, 2.05) is 12.1 Å². The van der Waals surface area contributed by atoms with Gasteiger partial charge >= 0.3 is 6.03 Å². The molecule has 0 aromatic carbocycles. The average molecular weight is 344 g/mol. The van der Waals surface area contributed by atoms with Crippen LogP contribution in [0.15, 0.2) is 12.1 Å². The summed E-state index contributed by atoms with van der Waals surface area (Å²) in [5.74, 6) is 0.145. The zero-order valence-corrected chi connectivity index (χ0v) is 14.3. The zero-order chi connectivity index (χ0) is 15.9. The summed E-state index contributed by atoms with van der Waals surface area (Å²) in [6.45, 7) is 1.25. The van der Waals surface area contributed by atoms with Crippen molar-refractivity contribution in [2.45, 2.75) is 38.1 Å². The lowest BCUT2D eigenvalue weighted by Crippen LogP contribution is -2.51. The van der Waals surface area contributed by atoms with Crippen molar-refractivity contribution in [1.29, 1.82) is 0 Å². The van der Waals surface area contributed by atoms with Gasteiger partial charge in [0, 0.05) is 37.5 Å². The molecule has 2 heterocycles. The number of likely N-dealkylation sites (tertiary alicyclic amines) is 1. The number of halogens is 1. The number of nitrogens with zero attached hydrogens (tertiary/aromatic N) is 1. The lowest BCUT2D eigenvalue weighted by atomic mass is 10.1. The zero-order valence-electron chi connectivity index (χ0n) is 12.7. The standard InChI is InChI=1S/C15H22ClN3O2S/c1-19-10-11(5-8-14(19)20)18-15(21)17-9-3-2-4-12-6-7-13(16)22-12/h6-7,11H,2-5,8-10H2,1H3,(H2,17,18,21)/t11-/m1/s1. The quantitative estimate of drug-likeness (QED) is 0.780. The van der Waals surface area contributed by atoms with E-state index in [1.165, 1.54) is 4.88 Å². The Labute approximate surface area is 140 Å². The first kappa shape index (κ1) is 17.1. The largest absolute Gasteiger partial charge is 0.344 e. The predicted octanol–water partition coefficient (Wildman–Crippen LogP) is 2.64. The lowest BCUT2D eigenvalue weighted by Gasteiger charge is -2.30. The molecule has 5 nitrogen and oxygen atoms in total. The second-order valence-electron chi connectivity index (χ2n) is 5.57. The highest BCUT2D eigenvalue weighted by molar-refractivity contribution is 7.16. The lowest BCUT2D eigenvalue weighted by molar-refractivity contribution is -0.132. The van der Waals surface area contributed by atoms with Crippen LogP contribution in [0.2, 0.25) is 4.34 Å². The summed E-state index contributed by atoms with van der Waals surface area (Å²) in [5, 5.41) is 5.79. The van der Waals surface area contributed by atoms with E-state index >= 15 is 0 Å². The summed E-state index contributed by atoms with van der Waals surface area (Å²) in [7, 11) is 1.77. The van der Waals surface area contributed by atoms with Crippen molar-refractivity contribution in [1.82, 2.24) is 15.5 Å². The molecule has 0 bridgehead atoms. The van der Waals surface area contributed by atoms with E-state index in [2.05, 4.69) is 10.6 Å². The van der Waals surface area contributed by atoms with Crippen molar-refractivity contribution >= 4 is 34.9 Å². The fourth-order valence-corrected chi connectivity index (χ4v) is 3.61. The minimum absolute atomic E-state index is 0.0518. The van der Waals surface area contributed by atoms with Gasteiger partial charge in [-0.15, -0.1) is 11.3 Å². The Morgan fingerprint density at radius 3 is 2.95 bits per heavy atom. The van der Waals surface area contributed by atoms with Crippen molar-refractivity contribution in [2.75, 3.05) is 20.1 Å². The van der Waals surface area contributed by atoms with E-state index in [1.54, 1.807) is 23.3 Å². The molecule has 2 N–H and O–H groups in total. The van der Waals surface area contributed by atoms with Crippen LogP contribution in [0.4, 0.5) is 4.79 Å². The van der Waals surface area contributed by atoms with E-state index < -0.39 is 0 Å². The summed E-state index contributed by atoms with van der Waals surface area (Å²) < 4.78 is 0.823. The van der Waals surface area contributed by atoms with Crippen molar-refractivity contribution in [3.8, 4) is 0 Å². The Hall–Kier alpha value is -1.27. The van der Waals surface area contributed by atoms with E-state index in [0.29, 0.717) is 19.5 Å². The van der Waals surface area contributed by atoms with Crippen LogP contribution in [0.5, 0.6) is 0 Å². The summed E-state index contributed by atoms with van der Waals surface area (Å²) in [6.07, 6.45) is 4.18. The van der Waals surface area contributed by atoms with E-state index in [0.717, 1.165) is 30.0 Å². The Morgan fingerprint density at radius 1 is 1.45 bits per heavy atom. The maximum Gasteiger partial charge on any atom is 0.315 e. The van der Waals surface area contributed by atoms with E-state index in [-0.39, 0.29) is 18.0 Å². The van der Waals surface area contributed by atoms with Crippen LogP contribution in [-0.4, -0.2) is 43.0 Å². The summed E-state index contributed by atoms with van der Waals surface area (Å²) >= 11 is 7.49. The van der Waals surface area contributed by atoms with Crippen molar-refractivity contribution < 1.29 is 9.59 Å². The number of likely N-dealkylation sites (N-methyl/N-ethyl adjacent to an activating group) is 1. The van der Waals surface area contributed by atoms with Gasteiger partial charge in [-0.1, -0.05) is 11.6 Å². The Bertz CT molecular complexity index is 521. The molecule has 0 unspecified atom stereocenters. The number of carbonyl (C=O) groups is 2. The topological polar surface area (TPSA) is 61.4 Å². The third kappa shape index (κ3) is 5.50.